The van der Waals surface area contributed by atoms with E-state index in [9.17, 15) is 4.79 Å². The summed E-state index contributed by atoms with van der Waals surface area (Å²) in [5, 5.41) is 9.60. The van der Waals surface area contributed by atoms with Crippen LogP contribution in [0.25, 0.3) is 33.1 Å². The van der Waals surface area contributed by atoms with Gasteiger partial charge in [-0.15, -0.1) is 0 Å². The molecule has 0 spiro atoms. The smallest absolute Gasteiger partial charge is 0.246 e. The summed E-state index contributed by atoms with van der Waals surface area (Å²) < 4.78 is 12.3. The number of hydrogen-bond donors (Lipinski definition) is 1. The van der Waals surface area contributed by atoms with E-state index in [1.165, 1.54) is 0 Å². The Morgan fingerprint density at radius 2 is 1.61 bits per heavy atom. The number of carbonyl (C=O) groups excluding carboxylic acids is 1. The SMILES string of the molecule is COc1cc(NC(=O)Cn2nc(-c3ccccc3)c3cnc4ccccc4c32)cc(OC)c1. The number of benzene rings is 3. The highest BCUT2D eigenvalue weighted by Gasteiger charge is 2.18. The second-order valence-electron chi connectivity index (χ2n) is 7.56. The summed E-state index contributed by atoms with van der Waals surface area (Å²) >= 11 is 0. The molecule has 33 heavy (non-hydrogen) atoms. The second kappa shape index (κ2) is 8.63. The van der Waals surface area contributed by atoms with E-state index in [2.05, 4.69) is 10.3 Å². The lowest BCUT2D eigenvalue weighted by atomic mass is 10.1. The number of carbonyl (C=O) groups is 1. The van der Waals surface area contributed by atoms with Crippen molar-refractivity contribution in [2.75, 3.05) is 19.5 Å². The monoisotopic (exact) mass is 438 g/mol. The summed E-state index contributed by atoms with van der Waals surface area (Å²) in [5.74, 6) is 0.977. The zero-order valence-electron chi connectivity index (χ0n) is 18.3. The topological polar surface area (TPSA) is 78.3 Å². The molecule has 5 aromatic rings. The maximum atomic E-state index is 13.0. The van der Waals surface area contributed by atoms with E-state index in [0.717, 1.165) is 33.1 Å². The molecule has 0 atom stereocenters. The van der Waals surface area contributed by atoms with Gasteiger partial charge in [-0.1, -0.05) is 48.5 Å². The first-order chi connectivity index (χ1) is 16.2. The van der Waals surface area contributed by atoms with Crippen LogP contribution in [0.4, 0.5) is 5.69 Å². The number of nitrogens with zero attached hydrogens (tertiary/aromatic N) is 3. The van der Waals surface area contributed by atoms with Gasteiger partial charge in [0, 0.05) is 46.4 Å². The molecule has 0 aliphatic carbocycles. The number of para-hydroxylation sites is 1. The Kier molecular flexibility index (Phi) is 5.36. The molecule has 164 valence electrons. The summed E-state index contributed by atoms with van der Waals surface area (Å²) in [6.45, 7) is 0.0386. The van der Waals surface area contributed by atoms with Crippen molar-refractivity contribution in [1.82, 2.24) is 14.8 Å². The Balaban J connectivity index is 1.56. The van der Waals surface area contributed by atoms with Gasteiger partial charge in [-0.2, -0.15) is 5.10 Å². The predicted octanol–water partition coefficient (Wildman–Crippen LogP) is 4.91. The van der Waals surface area contributed by atoms with Gasteiger partial charge in [0.1, 0.15) is 23.7 Å². The van der Waals surface area contributed by atoms with E-state index in [0.29, 0.717) is 17.2 Å². The number of ether oxygens (including phenoxy) is 2. The Morgan fingerprint density at radius 1 is 0.909 bits per heavy atom. The van der Waals surface area contributed by atoms with Gasteiger partial charge in [-0.3, -0.25) is 14.5 Å². The Hall–Kier alpha value is -4.39. The largest absolute Gasteiger partial charge is 0.497 e. The first-order valence-corrected chi connectivity index (χ1v) is 10.5. The average molecular weight is 438 g/mol. The summed E-state index contributed by atoms with van der Waals surface area (Å²) in [4.78, 5) is 17.6. The van der Waals surface area contributed by atoms with E-state index in [-0.39, 0.29) is 12.5 Å². The third-order valence-electron chi connectivity index (χ3n) is 5.46. The number of aromatic nitrogens is 3. The van der Waals surface area contributed by atoms with Crippen LogP contribution in [0.15, 0.2) is 79.0 Å². The molecule has 0 aliphatic heterocycles. The molecule has 1 amide bonds. The van der Waals surface area contributed by atoms with Gasteiger partial charge in [0.2, 0.25) is 5.91 Å². The predicted molar refractivity (Wildman–Crippen MR) is 129 cm³/mol. The van der Waals surface area contributed by atoms with Crippen LogP contribution in [0, 0.1) is 0 Å². The van der Waals surface area contributed by atoms with E-state index in [4.69, 9.17) is 14.6 Å². The van der Waals surface area contributed by atoms with E-state index in [1.807, 2.05) is 60.8 Å². The molecule has 2 aromatic heterocycles. The molecule has 0 radical (unpaired) electrons. The van der Waals surface area contributed by atoms with Crippen LogP contribution in [0.3, 0.4) is 0 Å². The molecule has 7 heteroatoms. The number of methoxy groups -OCH3 is 2. The van der Waals surface area contributed by atoms with Gasteiger partial charge < -0.3 is 14.8 Å². The molecule has 2 heterocycles. The van der Waals surface area contributed by atoms with Crippen molar-refractivity contribution in [3.8, 4) is 22.8 Å². The van der Waals surface area contributed by atoms with Gasteiger partial charge in [0.25, 0.3) is 0 Å². The number of amides is 1. The number of hydrogen-bond acceptors (Lipinski definition) is 5. The highest BCUT2D eigenvalue weighted by Crippen LogP contribution is 2.32. The zero-order chi connectivity index (χ0) is 22.8. The number of fused-ring (bicyclic) bond motifs is 3. The number of anilines is 1. The molecule has 0 saturated heterocycles. The van der Waals surface area contributed by atoms with Gasteiger partial charge in [-0.05, 0) is 6.07 Å². The third kappa shape index (κ3) is 3.96. The van der Waals surface area contributed by atoms with Gasteiger partial charge in [0.05, 0.1) is 25.3 Å². The summed E-state index contributed by atoms with van der Waals surface area (Å²) in [6, 6.07) is 23.0. The Morgan fingerprint density at radius 3 is 2.33 bits per heavy atom. The minimum absolute atomic E-state index is 0.0386. The summed E-state index contributed by atoms with van der Waals surface area (Å²) in [7, 11) is 3.14. The van der Waals surface area contributed by atoms with Crippen LogP contribution in [0.5, 0.6) is 11.5 Å². The quantitative estimate of drug-likeness (QED) is 0.408. The van der Waals surface area contributed by atoms with Crippen LogP contribution in [0.1, 0.15) is 0 Å². The highest BCUT2D eigenvalue weighted by atomic mass is 16.5. The van der Waals surface area contributed by atoms with Crippen LogP contribution >= 0.6 is 0 Å². The van der Waals surface area contributed by atoms with Crippen molar-refractivity contribution in [3.05, 3.63) is 79.0 Å². The van der Waals surface area contributed by atoms with Crippen molar-refractivity contribution < 1.29 is 14.3 Å². The lowest BCUT2D eigenvalue weighted by Gasteiger charge is -2.10. The van der Waals surface area contributed by atoms with E-state index in [1.54, 1.807) is 37.1 Å². The summed E-state index contributed by atoms with van der Waals surface area (Å²) in [5.41, 5.74) is 4.07. The van der Waals surface area contributed by atoms with Crippen molar-refractivity contribution in [1.29, 1.82) is 0 Å². The van der Waals surface area contributed by atoms with E-state index >= 15 is 0 Å². The van der Waals surface area contributed by atoms with E-state index < -0.39 is 0 Å². The van der Waals surface area contributed by atoms with Crippen LogP contribution in [-0.4, -0.2) is 34.9 Å². The maximum Gasteiger partial charge on any atom is 0.246 e. The molecular weight excluding hydrogens is 416 g/mol. The molecule has 1 N–H and O–H groups in total. The number of pyridine rings is 1. The molecular formula is C26H22N4O3. The third-order valence-corrected chi connectivity index (χ3v) is 5.46. The molecule has 5 rings (SSSR count). The lowest BCUT2D eigenvalue weighted by molar-refractivity contribution is -0.116. The van der Waals surface area contributed by atoms with Crippen LogP contribution in [0.2, 0.25) is 0 Å². The maximum absolute atomic E-state index is 13.0. The molecule has 0 fully saturated rings. The fraction of sp³-hybridized carbons (Fsp3) is 0.115. The fourth-order valence-corrected chi connectivity index (χ4v) is 3.94. The van der Waals surface area contributed by atoms with Crippen molar-refractivity contribution in [3.63, 3.8) is 0 Å². The minimum atomic E-state index is -0.213. The Labute approximate surface area is 190 Å². The van der Waals surface area contributed by atoms with Gasteiger partial charge in [0.15, 0.2) is 0 Å². The standard InChI is InChI=1S/C26H22N4O3/c1-32-19-12-18(13-20(14-19)33-2)28-24(31)16-30-26-21-10-6-7-11-23(21)27-15-22(26)25(29-30)17-8-4-3-5-9-17/h3-15H,16H2,1-2H3,(H,28,31). The van der Waals surface area contributed by atoms with Crippen molar-refractivity contribution in [2.45, 2.75) is 6.54 Å². The Bertz CT molecular complexity index is 1440. The number of rotatable bonds is 6. The minimum Gasteiger partial charge on any atom is -0.497 e. The molecule has 0 bridgehead atoms. The van der Waals surface area contributed by atoms with Gasteiger partial charge in [-0.25, -0.2) is 0 Å². The second-order valence-corrected chi connectivity index (χ2v) is 7.56. The van der Waals surface area contributed by atoms with Crippen molar-refractivity contribution >= 4 is 33.4 Å². The number of nitrogens with one attached hydrogen (secondary N) is 1. The molecule has 7 nitrogen and oxygen atoms in total. The zero-order valence-corrected chi connectivity index (χ0v) is 18.3. The van der Waals surface area contributed by atoms with Gasteiger partial charge >= 0.3 is 0 Å². The van der Waals surface area contributed by atoms with Crippen LogP contribution in [-0.2, 0) is 11.3 Å². The molecule has 0 aliphatic rings. The normalized spacial score (nSPS) is 11.0. The lowest BCUT2D eigenvalue weighted by Crippen LogP contribution is -2.19. The fourth-order valence-electron chi connectivity index (χ4n) is 3.94. The summed E-state index contributed by atoms with van der Waals surface area (Å²) in [6.07, 6.45) is 1.83. The first kappa shape index (κ1) is 20.5. The first-order valence-electron chi connectivity index (χ1n) is 10.5. The van der Waals surface area contributed by atoms with Crippen molar-refractivity contribution in [2.24, 2.45) is 0 Å². The molecule has 0 saturated carbocycles. The van der Waals surface area contributed by atoms with Crippen LogP contribution < -0.4 is 14.8 Å². The highest BCUT2D eigenvalue weighted by molar-refractivity contribution is 6.08. The molecule has 3 aromatic carbocycles. The average Bonchev–Trinajstić information content (AvgIpc) is 3.22. The molecule has 0 unspecified atom stereocenters.